The highest BCUT2D eigenvalue weighted by Crippen LogP contribution is 2.37. The third-order valence-corrected chi connectivity index (χ3v) is 6.40. The molecule has 0 aliphatic heterocycles. The zero-order valence-corrected chi connectivity index (χ0v) is 19.2. The van der Waals surface area contributed by atoms with Crippen LogP contribution in [0.1, 0.15) is 20.7 Å². The SMILES string of the molecule is C[SH](C)(O)=NC(=O)c1cnc(N)c(-c2cc3cc(NC(=O)c4ccccc4)ccc3s2)c1. The molecule has 0 fully saturated rings. The van der Waals surface area contributed by atoms with E-state index in [9.17, 15) is 14.1 Å². The molecule has 2 aromatic carbocycles. The molecule has 164 valence electrons. The fourth-order valence-electron chi connectivity index (χ4n) is 3.12. The molecule has 0 unspecified atom stereocenters. The quantitative estimate of drug-likeness (QED) is 0.324. The number of benzene rings is 2. The van der Waals surface area contributed by atoms with Crippen molar-refractivity contribution < 1.29 is 14.1 Å². The van der Waals surface area contributed by atoms with Crippen LogP contribution in [-0.2, 0) is 10.1 Å². The third-order valence-electron chi connectivity index (χ3n) is 4.58. The number of hydrogen-bond donors (Lipinski definition) is 4. The second kappa shape index (κ2) is 8.62. The van der Waals surface area contributed by atoms with E-state index in [1.54, 1.807) is 18.2 Å². The summed E-state index contributed by atoms with van der Waals surface area (Å²) in [5.74, 6) is -0.408. The van der Waals surface area contributed by atoms with Crippen molar-refractivity contribution in [2.45, 2.75) is 0 Å². The van der Waals surface area contributed by atoms with Crippen LogP contribution in [-0.4, -0.2) is 33.9 Å². The minimum atomic E-state index is -2.61. The Morgan fingerprint density at radius 3 is 2.53 bits per heavy atom. The van der Waals surface area contributed by atoms with Crippen molar-refractivity contribution in [1.29, 1.82) is 0 Å². The highest BCUT2D eigenvalue weighted by molar-refractivity contribution is 7.98. The van der Waals surface area contributed by atoms with Gasteiger partial charge in [0, 0.05) is 32.6 Å². The number of rotatable bonds is 4. The standard InChI is InChI=1S/C23H22N4O3S2/c1-32(2,30)27-23(29)16-11-18(21(24)25-13-16)20-12-15-10-17(8-9-19(15)31-20)26-22(28)14-6-4-3-5-7-14/h3-13,32H,1-2H3,(H2,24,25)(H,26,28)(H,27,29,30). The molecular weight excluding hydrogens is 444 g/mol. The zero-order valence-electron chi connectivity index (χ0n) is 17.4. The van der Waals surface area contributed by atoms with Gasteiger partial charge in [0.05, 0.1) is 5.56 Å². The van der Waals surface area contributed by atoms with Gasteiger partial charge in [-0.05, 0) is 60.4 Å². The number of thiophene rings is 1. The molecule has 2 heterocycles. The number of hydrogen-bond acceptors (Lipinski definition) is 5. The smallest absolute Gasteiger partial charge is 0.284 e. The van der Waals surface area contributed by atoms with E-state index in [4.69, 9.17) is 5.73 Å². The largest absolute Gasteiger partial charge is 0.383 e. The molecular formula is C23H22N4O3S2. The number of thiol groups is 1. The molecule has 7 nitrogen and oxygen atoms in total. The maximum atomic E-state index is 12.4. The Balaban J connectivity index is 1.65. The van der Waals surface area contributed by atoms with Crippen molar-refractivity contribution in [1.82, 2.24) is 4.98 Å². The Bertz CT molecular complexity index is 1380. The number of nitrogens with two attached hydrogens (primary N) is 1. The molecule has 0 saturated carbocycles. The van der Waals surface area contributed by atoms with E-state index < -0.39 is 16.0 Å². The van der Waals surface area contributed by atoms with E-state index in [1.165, 1.54) is 30.0 Å². The van der Waals surface area contributed by atoms with E-state index in [1.807, 2.05) is 42.5 Å². The van der Waals surface area contributed by atoms with Crippen LogP contribution < -0.4 is 11.1 Å². The summed E-state index contributed by atoms with van der Waals surface area (Å²) in [6.07, 6.45) is 4.44. The van der Waals surface area contributed by atoms with Crippen molar-refractivity contribution in [2.75, 3.05) is 23.6 Å². The fraction of sp³-hybridized carbons (Fsp3) is 0.0870. The maximum absolute atomic E-state index is 12.4. The van der Waals surface area contributed by atoms with Crippen LogP contribution in [0.15, 0.2) is 71.2 Å². The predicted molar refractivity (Wildman–Crippen MR) is 134 cm³/mol. The number of anilines is 2. The van der Waals surface area contributed by atoms with E-state index >= 15 is 0 Å². The van der Waals surface area contributed by atoms with E-state index in [2.05, 4.69) is 14.7 Å². The molecule has 0 bridgehead atoms. The van der Waals surface area contributed by atoms with Crippen LogP contribution >= 0.6 is 11.3 Å². The Kier molecular flexibility index (Phi) is 5.88. The van der Waals surface area contributed by atoms with Crippen molar-refractivity contribution in [3.05, 3.63) is 78.0 Å². The van der Waals surface area contributed by atoms with Crippen molar-refractivity contribution in [2.24, 2.45) is 4.36 Å². The summed E-state index contributed by atoms with van der Waals surface area (Å²) in [6.45, 7) is 0. The highest BCUT2D eigenvalue weighted by atomic mass is 32.3. The molecule has 32 heavy (non-hydrogen) atoms. The summed E-state index contributed by atoms with van der Waals surface area (Å²) in [7, 11) is -2.61. The average molecular weight is 467 g/mol. The molecule has 2 amide bonds. The number of carbonyl (C=O) groups is 2. The Morgan fingerprint density at radius 2 is 1.81 bits per heavy atom. The topological polar surface area (TPSA) is 118 Å². The first-order chi connectivity index (χ1) is 15.2. The minimum Gasteiger partial charge on any atom is -0.383 e. The lowest BCUT2D eigenvalue weighted by molar-refractivity contribution is 0.100. The second-order valence-corrected chi connectivity index (χ2v) is 11.5. The molecule has 0 atom stereocenters. The minimum absolute atomic E-state index is 0.182. The Morgan fingerprint density at radius 1 is 1.06 bits per heavy atom. The van der Waals surface area contributed by atoms with Crippen LogP contribution in [0.3, 0.4) is 0 Å². The molecule has 4 N–H and O–H groups in total. The van der Waals surface area contributed by atoms with Gasteiger partial charge in [0.2, 0.25) is 0 Å². The normalized spacial score (nSPS) is 11.8. The van der Waals surface area contributed by atoms with Gasteiger partial charge in [-0.25, -0.2) is 4.98 Å². The molecule has 0 spiro atoms. The molecule has 0 aliphatic rings. The summed E-state index contributed by atoms with van der Waals surface area (Å²) in [6, 6.07) is 18.3. The van der Waals surface area contributed by atoms with E-state index in [0.29, 0.717) is 22.6 Å². The molecule has 9 heteroatoms. The van der Waals surface area contributed by atoms with Crippen LogP contribution in [0.5, 0.6) is 0 Å². The summed E-state index contributed by atoms with van der Waals surface area (Å²) in [5.41, 5.74) is 8.24. The highest BCUT2D eigenvalue weighted by Gasteiger charge is 2.14. The lowest BCUT2D eigenvalue weighted by Crippen LogP contribution is -2.11. The molecule has 2 aromatic heterocycles. The maximum Gasteiger partial charge on any atom is 0.284 e. The molecule has 0 saturated heterocycles. The van der Waals surface area contributed by atoms with E-state index in [0.717, 1.165) is 15.0 Å². The Hall–Kier alpha value is -3.40. The van der Waals surface area contributed by atoms with Gasteiger partial charge >= 0.3 is 0 Å². The van der Waals surface area contributed by atoms with Crippen LogP contribution in [0.4, 0.5) is 11.5 Å². The van der Waals surface area contributed by atoms with E-state index in [-0.39, 0.29) is 11.5 Å². The number of amides is 2. The van der Waals surface area contributed by atoms with Crippen molar-refractivity contribution in [3.8, 4) is 10.4 Å². The predicted octanol–water partition coefficient (Wildman–Crippen LogP) is 4.74. The molecule has 4 rings (SSSR count). The van der Waals surface area contributed by atoms with Gasteiger partial charge in [-0.15, -0.1) is 21.4 Å². The van der Waals surface area contributed by atoms with Gasteiger partial charge in [-0.2, -0.15) is 4.36 Å². The first kappa shape index (κ1) is 21.8. The summed E-state index contributed by atoms with van der Waals surface area (Å²) in [4.78, 5) is 29.8. The number of aromatic nitrogens is 1. The van der Waals surface area contributed by atoms with Crippen molar-refractivity contribution >= 4 is 54.8 Å². The molecule has 0 aliphatic carbocycles. The lowest BCUT2D eigenvalue weighted by atomic mass is 10.1. The average Bonchev–Trinajstić information content (AvgIpc) is 3.16. The van der Waals surface area contributed by atoms with Crippen molar-refractivity contribution in [3.63, 3.8) is 0 Å². The molecule has 0 radical (unpaired) electrons. The summed E-state index contributed by atoms with van der Waals surface area (Å²) >= 11 is 1.51. The van der Waals surface area contributed by atoms with Crippen LogP contribution in [0.25, 0.3) is 20.5 Å². The Labute approximate surface area is 190 Å². The number of nitrogen functional groups attached to an aromatic ring is 1. The first-order valence-corrected chi connectivity index (χ1v) is 13.1. The number of carbonyl (C=O) groups excluding carboxylic acids is 2. The fourth-order valence-corrected chi connectivity index (χ4v) is 4.74. The van der Waals surface area contributed by atoms with Gasteiger partial charge in [0.25, 0.3) is 11.8 Å². The number of fused-ring (bicyclic) bond motifs is 1. The van der Waals surface area contributed by atoms with Crippen LogP contribution in [0.2, 0.25) is 0 Å². The lowest BCUT2D eigenvalue weighted by Gasteiger charge is -2.10. The second-order valence-electron chi connectivity index (χ2n) is 7.58. The zero-order chi connectivity index (χ0) is 22.9. The molecule has 4 aromatic rings. The van der Waals surface area contributed by atoms with Gasteiger partial charge < -0.3 is 15.6 Å². The van der Waals surface area contributed by atoms with Gasteiger partial charge in [-0.1, -0.05) is 18.2 Å². The number of nitrogens with zero attached hydrogens (tertiary/aromatic N) is 2. The van der Waals surface area contributed by atoms with Gasteiger partial charge in [0.1, 0.15) is 5.82 Å². The summed E-state index contributed by atoms with van der Waals surface area (Å²) in [5, 5.41) is 3.84. The van der Waals surface area contributed by atoms with Gasteiger partial charge in [0.15, 0.2) is 0 Å². The first-order valence-electron chi connectivity index (χ1n) is 9.70. The van der Waals surface area contributed by atoms with Crippen LogP contribution in [0, 0.1) is 0 Å². The number of pyridine rings is 1. The summed E-state index contributed by atoms with van der Waals surface area (Å²) < 4.78 is 14.8. The third kappa shape index (κ3) is 4.91. The van der Waals surface area contributed by atoms with Gasteiger partial charge in [-0.3, -0.25) is 9.59 Å². The number of nitrogens with one attached hydrogen (secondary N) is 1. The monoisotopic (exact) mass is 466 g/mol.